The molecule has 0 saturated carbocycles. The molecule has 0 atom stereocenters. The molecular formula is C15H10Cl2N6. The van der Waals surface area contributed by atoms with E-state index >= 15 is 0 Å². The molecule has 1 aliphatic rings. The summed E-state index contributed by atoms with van der Waals surface area (Å²) < 4.78 is 1.73. The largest absolute Gasteiger partial charge is 0.368 e. The van der Waals surface area contributed by atoms with Crippen molar-refractivity contribution < 1.29 is 0 Å². The Hall–Kier alpha value is -2.44. The Morgan fingerprint density at radius 2 is 1.87 bits per heavy atom. The summed E-state index contributed by atoms with van der Waals surface area (Å²) >= 11 is 12.4. The van der Waals surface area contributed by atoms with Crippen molar-refractivity contribution in [2.45, 2.75) is 6.54 Å². The third-order valence-electron chi connectivity index (χ3n) is 3.57. The number of benzene rings is 1. The highest BCUT2D eigenvalue weighted by atomic mass is 35.5. The van der Waals surface area contributed by atoms with Gasteiger partial charge in [0.2, 0.25) is 5.95 Å². The van der Waals surface area contributed by atoms with E-state index in [0.29, 0.717) is 34.0 Å². The first-order valence-electron chi connectivity index (χ1n) is 6.81. The van der Waals surface area contributed by atoms with E-state index in [1.165, 1.54) is 0 Å². The van der Waals surface area contributed by atoms with Crippen molar-refractivity contribution in [1.29, 1.82) is 0 Å². The SMILES string of the molecule is Nc1nnc2n1-c1ccc(Cl)nc1C(c1ccccc1Cl)=NC2. The molecule has 0 amide bonds. The second-order valence-corrected chi connectivity index (χ2v) is 5.75. The standard InChI is InChI=1S/C15H10Cl2N6/c16-9-4-2-1-3-8(9)13-14-10(5-6-11(17)20-14)23-12(7-19-13)21-22-15(23)18/h1-6H,7H2,(H2,18,22). The first-order valence-corrected chi connectivity index (χ1v) is 7.57. The monoisotopic (exact) mass is 344 g/mol. The van der Waals surface area contributed by atoms with Crippen LogP contribution in [-0.2, 0) is 6.54 Å². The third kappa shape index (κ3) is 2.27. The van der Waals surface area contributed by atoms with E-state index in [4.69, 9.17) is 28.9 Å². The van der Waals surface area contributed by atoms with Gasteiger partial charge in [-0.3, -0.25) is 9.56 Å². The molecule has 0 saturated heterocycles. The van der Waals surface area contributed by atoms with Gasteiger partial charge in [-0.25, -0.2) is 4.98 Å². The van der Waals surface area contributed by atoms with E-state index in [9.17, 15) is 0 Å². The molecule has 0 bridgehead atoms. The van der Waals surface area contributed by atoms with Gasteiger partial charge in [-0.2, -0.15) is 0 Å². The maximum absolute atomic E-state index is 6.33. The highest BCUT2D eigenvalue weighted by molar-refractivity contribution is 6.35. The van der Waals surface area contributed by atoms with Crippen LogP contribution < -0.4 is 5.73 Å². The summed E-state index contributed by atoms with van der Waals surface area (Å²) in [4.78, 5) is 9.06. The van der Waals surface area contributed by atoms with E-state index in [2.05, 4.69) is 20.2 Å². The summed E-state index contributed by atoms with van der Waals surface area (Å²) in [7, 11) is 0. The topological polar surface area (TPSA) is 82.0 Å². The summed E-state index contributed by atoms with van der Waals surface area (Å²) in [6.45, 7) is 0.318. The highest BCUT2D eigenvalue weighted by Gasteiger charge is 2.24. The summed E-state index contributed by atoms with van der Waals surface area (Å²) in [5, 5.41) is 8.93. The highest BCUT2D eigenvalue weighted by Crippen LogP contribution is 2.28. The number of pyridine rings is 1. The lowest BCUT2D eigenvalue weighted by Gasteiger charge is -2.12. The van der Waals surface area contributed by atoms with Gasteiger partial charge >= 0.3 is 0 Å². The van der Waals surface area contributed by atoms with Crippen LogP contribution in [0.25, 0.3) is 5.69 Å². The summed E-state index contributed by atoms with van der Waals surface area (Å²) in [5.74, 6) is 0.913. The van der Waals surface area contributed by atoms with Crippen molar-refractivity contribution in [2.24, 2.45) is 4.99 Å². The fourth-order valence-corrected chi connectivity index (χ4v) is 2.94. The molecule has 0 fully saturated rings. The number of nitrogen functional groups attached to an aromatic ring is 1. The Morgan fingerprint density at radius 3 is 2.70 bits per heavy atom. The molecule has 114 valence electrons. The van der Waals surface area contributed by atoms with Gasteiger partial charge in [0, 0.05) is 5.56 Å². The number of halogens is 2. The molecule has 0 aliphatic carbocycles. The number of anilines is 1. The summed E-state index contributed by atoms with van der Waals surface area (Å²) in [6, 6.07) is 11.0. The fourth-order valence-electron chi connectivity index (χ4n) is 2.57. The molecule has 23 heavy (non-hydrogen) atoms. The Kier molecular flexibility index (Phi) is 3.28. The van der Waals surface area contributed by atoms with Crippen LogP contribution in [0.2, 0.25) is 10.2 Å². The number of hydrogen-bond acceptors (Lipinski definition) is 5. The summed E-state index contributed by atoms with van der Waals surface area (Å²) in [5.41, 5.74) is 8.70. The Morgan fingerprint density at radius 1 is 1.04 bits per heavy atom. The van der Waals surface area contributed by atoms with Crippen molar-refractivity contribution >= 4 is 34.9 Å². The lowest BCUT2D eigenvalue weighted by Crippen LogP contribution is -2.11. The van der Waals surface area contributed by atoms with Crippen molar-refractivity contribution in [3.63, 3.8) is 0 Å². The number of fused-ring (bicyclic) bond motifs is 3. The van der Waals surface area contributed by atoms with Crippen LogP contribution in [0.1, 0.15) is 17.1 Å². The van der Waals surface area contributed by atoms with Crippen LogP contribution >= 0.6 is 23.2 Å². The van der Waals surface area contributed by atoms with E-state index in [0.717, 1.165) is 11.3 Å². The second kappa shape index (κ2) is 5.33. The van der Waals surface area contributed by atoms with Crippen molar-refractivity contribution in [3.8, 4) is 5.69 Å². The van der Waals surface area contributed by atoms with Gasteiger partial charge in [0.1, 0.15) is 17.4 Å². The van der Waals surface area contributed by atoms with Gasteiger partial charge in [0.15, 0.2) is 5.82 Å². The number of aromatic nitrogens is 4. The van der Waals surface area contributed by atoms with Crippen LogP contribution in [0.4, 0.5) is 5.95 Å². The number of nitrogens with two attached hydrogens (primary N) is 1. The van der Waals surface area contributed by atoms with Gasteiger partial charge in [-0.1, -0.05) is 41.4 Å². The lowest BCUT2D eigenvalue weighted by atomic mass is 10.1. The van der Waals surface area contributed by atoms with Gasteiger partial charge in [-0.15, -0.1) is 10.2 Å². The van der Waals surface area contributed by atoms with E-state index in [-0.39, 0.29) is 5.95 Å². The minimum atomic E-state index is 0.279. The average Bonchev–Trinajstić information content (AvgIpc) is 2.82. The zero-order chi connectivity index (χ0) is 16.0. The van der Waals surface area contributed by atoms with Gasteiger partial charge in [-0.05, 0) is 18.2 Å². The molecule has 0 unspecified atom stereocenters. The third-order valence-corrected chi connectivity index (χ3v) is 4.11. The molecule has 0 spiro atoms. The Balaban J connectivity index is 2.03. The minimum Gasteiger partial charge on any atom is -0.368 e. The van der Waals surface area contributed by atoms with Gasteiger partial charge < -0.3 is 5.73 Å². The van der Waals surface area contributed by atoms with E-state index in [1.807, 2.05) is 30.3 Å². The number of hydrogen-bond donors (Lipinski definition) is 1. The molecule has 3 heterocycles. The maximum Gasteiger partial charge on any atom is 0.226 e. The van der Waals surface area contributed by atoms with Crippen LogP contribution in [0, 0.1) is 0 Å². The number of aliphatic imine (C=N–C) groups is 1. The van der Waals surface area contributed by atoms with Crippen LogP contribution in [-0.4, -0.2) is 25.5 Å². The molecule has 2 aromatic heterocycles. The van der Waals surface area contributed by atoms with E-state index < -0.39 is 0 Å². The predicted molar refractivity (Wildman–Crippen MR) is 89.4 cm³/mol. The first-order chi connectivity index (χ1) is 11.1. The summed E-state index contributed by atoms with van der Waals surface area (Å²) in [6.07, 6.45) is 0. The maximum atomic E-state index is 6.33. The van der Waals surface area contributed by atoms with Gasteiger partial charge in [0.05, 0.1) is 16.4 Å². The van der Waals surface area contributed by atoms with Crippen LogP contribution in [0.15, 0.2) is 41.4 Å². The quantitative estimate of drug-likeness (QED) is 0.688. The van der Waals surface area contributed by atoms with Crippen LogP contribution in [0.5, 0.6) is 0 Å². The van der Waals surface area contributed by atoms with E-state index in [1.54, 1.807) is 10.6 Å². The molecule has 2 N–H and O–H groups in total. The molecule has 3 aromatic rings. The molecule has 0 radical (unpaired) electrons. The lowest BCUT2D eigenvalue weighted by molar-refractivity contribution is 0.871. The first kappa shape index (κ1) is 14.2. The number of nitrogens with zero attached hydrogens (tertiary/aromatic N) is 5. The zero-order valence-electron chi connectivity index (χ0n) is 11.7. The van der Waals surface area contributed by atoms with Crippen molar-refractivity contribution in [2.75, 3.05) is 5.73 Å². The molecule has 6 nitrogen and oxygen atoms in total. The smallest absolute Gasteiger partial charge is 0.226 e. The molecule has 4 rings (SSSR count). The Labute approximate surface area is 141 Å². The van der Waals surface area contributed by atoms with Crippen molar-refractivity contribution in [1.82, 2.24) is 19.7 Å². The fraction of sp³-hybridized carbons (Fsp3) is 0.0667. The van der Waals surface area contributed by atoms with Crippen molar-refractivity contribution in [3.05, 3.63) is 63.7 Å². The predicted octanol–water partition coefficient (Wildman–Crippen LogP) is 2.90. The second-order valence-electron chi connectivity index (χ2n) is 4.96. The van der Waals surface area contributed by atoms with Gasteiger partial charge in [0.25, 0.3) is 0 Å². The molecule has 1 aromatic carbocycles. The zero-order valence-corrected chi connectivity index (χ0v) is 13.3. The molecule has 8 heteroatoms. The normalized spacial score (nSPS) is 13.0. The van der Waals surface area contributed by atoms with Crippen LogP contribution in [0.3, 0.4) is 0 Å². The minimum absolute atomic E-state index is 0.279. The Bertz CT molecular complexity index is 947. The molecular weight excluding hydrogens is 335 g/mol. The number of rotatable bonds is 1. The average molecular weight is 345 g/mol. The molecule has 1 aliphatic heterocycles.